The Kier molecular flexibility index (Phi) is 3.97. The predicted octanol–water partition coefficient (Wildman–Crippen LogP) is 3.67. The summed E-state index contributed by atoms with van der Waals surface area (Å²) < 4.78 is 7.18. The fourth-order valence-electron chi connectivity index (χ4n) is 3.26. The van der Waals surface area contributed by atoms with E-state index < -0.39 is 0 Å². The van der Waals surface area contributed by atoms with Crippen LogP contribution in [0.3, 0.4) is 0 Å². The third-order valence-electron chi connectivity index (χ3n) is 4.43. The second-order valence-corrected chi connectivity index (χ2v) is 6.45. The standard InChI is InChI=1S/C18H18ClN5O/c1-25-14-7-3-4-11(9-14)15-10-16(12-5-2-6-13(19)8-12)24-18(21-15)22-17(20)23-24/h2-9,15-16H,10H2,1H3,(H3,20,21,22,23). The second kappa shape index (κ2) is 6.29. The fourth-order valence-corrected chi connectivity index (χ4v) is 3.46. The van der Waals surface area contributed by atoms with E-state index in [2.05, 4.69) is 21.5 Å². The highest BCUT2D eigenvalue weighted by Gasteiger charge is 2.31. The molecule has 0 fully saturated rings. The van der Waals surface area contributed by atoms with Crippen LogP contribution < -0.4 is 15.8 Å². The van der Waals surface area contributed by atoms with Gasteiger partial charge < -0.3 is 15.8 Å². The van der Waals surface area contributed by atoms with Crippen molar-refractivity contribution in [2.75, 3.05) is 18.2 Å². The molecule has 2 aromatic carbocycles. The number of hydrogen-bond acceptors (Lipinski definition) is 5. The van der Waals surface area contributed by atoms with Crippen molar-refractivity contribution in [1.29, 1.82) is 0 Å². The molecule has 3 N–H and O–H groups in total. The molecule has 1 aliphatic heterocycles. The lowest BCUT2D eigenvalue weighted by atomic mass is 9.93. The fraction of sp³-hybridized carbons (Fsp3) is 0.222. The van der Waals surface area contributed by atoms with Gasteiger partial charge >= 0.3 is 0 Å². The molecule has 7 heteroatoms. The molecule has 128 valence electrons. The van der Waals surface area contributed by atoms with Gasteiger partial charge in [-0.05, 0) is 41.8 Å². The molecule has 0 amide bonds. The first-order valence-electron chi connectivity index (χ1n) is 8.02. The molecule has 2 heterocycles. The second-order valence-electron chi connectivity index (χ2n) is 6.02. The Labute approximate surface area is 150 Å². The molecule has 1 aliphatic rings. The zero-order valence-corrected chi connectivity index (χ0v) is 14.4. The number of nitrogens with one attached hydrogen (secondary N) is 1. The number of fused-ring (bicyclic) bond motifs is 1. The van der Waals surface area contributed by atoms with Crippen LogP contribution in [0.4, 0.5) is 11.9 Å². The molecule has 0 aliphatic carbocycles. The number of benzene rings is 2. The largest absolute Gasteiger partial charge is 0.497 e. The Balaban J connectivity index is 1.76. The summed E-state index contributed by atoms with van der Waals surface area (Å²) in [5.74, 6) is 1.73. The maximum absolute atomic E-state index is 6.19. The molecule has 0 spiro atoms. The van der Waals surface area contributed by atoms with E-state index in [-0.39, 0.29) is 18.0 Å². The molecule has 0 saturated carbocycles. The average Bonchev–Trinajstić information content (AvgIpc) is 3.01. The molecule has 0 radical (unpaired) electrons. The summed E-state index contributed by atoms with van der Waals surface area (Å²) >= 11 is 6.19. The van der Waals surface area contributed by atoms with Gasteiger partial charge in [0.15, 0.2) is 0 Å². The minimum Gasteiger partial charge on any atom is -0.497 e. The number of ether oxygens (including phenoxy) is 1. The number of halogens is 1. The molecular formula is C18H18ClN5O. The maximum atomic E-state index is 6.19. The van der Waals surface area contributed by atoms with Gasteiger partial charge in [0.2, 0.25) is 11.9 Å². The topological polar surface area (TPSA) is 78.0 Å². The van der Waals surface area contributed by atoms with Crippen LogP contribution in [0.15, 0.2) is 48.5 Å². The number of aromatic nitrogens is 3. The van der Waals surface area contributed by atoms with E-state index in [9.17, 15) is 0 Å². The number of methoxy groups -OCH3 is 1. The Morgan fingerprint density at radius 3 is 2.80 bits per heavy atom. The van der Waals surface area contributed by atoms with Gasteiger partial charge in [-0.25, -0.2) is 4.68 Å². The van der Waals surface area contributed by atoms with Gasteiger partial charge in [0.05, 0.1) is 19.2 Å². The molecule has 2 unspecified atom stereocenters. The Bertz CT molecular complexity index is 910. The summed E-state index contributed by atoms with van der Waals surface area (Å²) in [7, 11) is 1.67. The lowest BCUT2D eigenvalue weighted by Gasteiger charge is -2.31. The Hall–Kier alpha value is -2.73. The summed E-state index contributed by atoms with van der Waals surface area (Å²) in [5.41, 5.74) is 8.03. The average molecular weight is 356 g/mol. The maximum Gasteiger partial charge on any atom is 0.241 e. The first kappa shape index (κ1) is 15.8. The highest BCUT2D eigenvalue weighted by molar-refractivity contribution is 6.30. The van der Waals surface area contributed by atoms with E-state index in [1.807, 2.05) is 47.1 Å². The first-order chi connectivity index (χ1) is 12.1. The third-order valence-corrected chi connectivity index (χ3v) is 4.67. The predicted molar refractivity (Wildman–Crippen MR) is 98.0 cm³/mol. The number of nitrogens with zero attached hydrogens (tertiary/aromatic N) is 3. The van der Waals surface area contributed by atoms with Gasteiger partial charge in [0, 0.05) is 5.02 Å². The van der Waals surface area contributed by atoms with E-state index >= 15 is 0 Å². The highest BCUT2D eigenvalue weighted by Crippen LogP contribution is 2.39. The Morgan fingerprint density at radius 2 is 2.00 bits per heavy atom. The summed E-state index contributed by atoms with van der Waals surface area (Å²) in [5, 5.41) is 8.47. The number of nitrogens with two attached hydrogens (primary N) is 1. The molecule has 0 saturated heterocycles. The van der Waals surface area contributed by atoms with E-state index in [1.165, 1.54) is 0 Å². The number of rotatable bonds is 3. The van der Waals surface area contributed by atoms with Crippen molar-refractivity contribution in [2.45, 2.75) is 18.5 Å². The third kappa shape index (κ3) is 3.00. The quantitative estimate of drug-likeness (QED) is 0.749. The van der Waals surface area contributed by atoms with Crippen LogP contribution in [0.1, 0.15) is 29.6 Å². The van der Waals surface area contributed by atoms with Crippen molar-refractivity contribution >= 4 is 23.5 Å². The minimum atomic E-state index is -0.00375. The van der Waals surface area contributed by atoms with Crippen molar-refractivity contribution < 1.29 is 4.74 Å². The van der Waals surface area contributed by atoms with Crippen molar-refractivity contribution in [1.82, 2.24) is 14.8 Å². The van der Waals surface area contributed by atoms with E-state index in [0.29, 0.717) is 11.0 Å². The summed E-state index contributed by atoms with van der Waals surface area (Å²) in [4.78, 5) is 4.32. The first-order valence-corrected chi connectivity index (χ1v) is 8.40. The monoisotopic (exact) mass is 355 g/mol. The van der Waals surface area contributed by atoms with Crippen LogP contribution in [0.5, 0.6) is 5.75 Å². The molecule has 6 nitrogen and oxygen atoms in total. The molecule has 3 aromatic rings. The van der Waals surface area contributed by atoms with Crippen molar-refractivity contribution in [3.8, 4) is 5.75 Å². The molecule has 25 heavy (non-hydrogen) atoms. The van der Waals surface area contributed by atoms with E-state index in [0.717, 1.165) is 23.3 Å². The van der Waals surface area contributed by atoms with Crippen LogP contribution in [0.25, 0.3) is 0 Å². The lowest BCUT2D eigenvalue weighted by molar-refractivity contribution is 0.410. The lowest BCUT2D eigenvalue weighted by Crippen LogP contribution is -2.28. The van der Waals surface area contributed by atoms with Crippen LogP contribution in [-0.2, 0) is 0 Å². The van der Waals surface area contributed by atoms with Crippen molar-refractivity contribution in [3.05, 3.63) is 64.7 Å². The van der Waals surface area contributed by atoms with Crippen LogP contribution in [-0.4, -0.2) is 21.9 Å². The van der Waals surface area contributed by atoms with E-state index in [1.54, 1.807) is 7.11 Å². The van der Waals surface area contributed by atoms with Gasteiger partial charge in [0.1, 0.15) is 5.75 Å². The zero-order valence-electron chi connectivity index (χ0n) is 13.7. The smallest absolute Gasteiger partial charge is 0.241 e. The van der Waals surface area contributed by atoms with Crippen molar-refractivity contribution in [3.63, 3.8) is 0 Å². The number of nitrogen functional groups attached to an aromatic ring is 1. The van der Waals surface area contributed by atoms with Gasteiger partial charge in [-0.1, -0.05) is 35.9 Å². The van der Waals surface area contributed by atoms with Crippen LogP contribution >= 0.6 is 11.6 Å². The summed E-state index contributed by atoms with van der Waals surface area (Å²) in [6, 6.07) is 15.9. The summed E-state index contributed by atoms with van der Waals surface area (Å²) in [6.07, 6.45) is 0.795. The van der Waals surface area contributed by atoms with Gasteiger partial charge in [-0.15, -0.1) is 5.10 Å². The SMILES string of the molecule is COc1cccc(C2CC(c3cccc(Cl)c3)n3nc(N)nc3N2)c1. The molecular weight excluding hydrogens is 338 g/mol. The minimum absolute atomic E-state index is 0.00375. The molecule has 0 bridgehead atoms. The van der Waals surface area contributed by atoms with E-state index in [4.69, 9.17) is 22.1 Å². The van der Waals surface area contributed by atoms with Gasteiger partial charge in [0.25, 0.3) is 0 Å². The van der Waals surface area contributed by atoms with Crippen LogP contribution in [0, 0.1) is 0 Å². The zero-order chi connectivity index (χ0) is 17.4. The Morgan fingerprint density at radius 1 is 1.20 bits per heavy atom. The van der Waals surface area contributed by atoms with Gasteiger partial charge in [-0.3, -0.25) is 0 Å². The van der Waals surface area contributed by atoms with Crippen molar-refractivity contribution in [2.24, 2.45) is 0 Å². The molecule has 2 atom stereocenters. The normalized spacial score (nSPS) is 19.1. The number of hydrogen-bond donors (Lipinski definition) is 2. The molecule has 4 rings (SSSR count). The summed E-state index contributed by atoms with van der Waals surface area (Å²) in [6.45, 7) is 0. The van der Waals surface area contributed by atoms with Crippen LogP contribution in [0.2, 0.25) is 5.02 Å². The van der Waals surface area contributed by atoms with Gasteiger partial charge in [-0.2, -0.15) is 4.98 Å². The molecule has 1 aromatic heterocycles. The highest BCUT2D eigenvalue weighted by atomic mass is 35.5. The number of anilines is 2.